The molecule has 0 saturated carbocycles. The van der Waals surface area contributed by atoms with Gasteiger partial charge in [-0.25, -0.2) is 0 Å². The Balaban J connectivity index is 2.21. The fraction of sp³-hybridized carbons (Fsp3) is 0.769. The van der Waals surface area contributed by atoms with Gasteiger partial charge in [0.05, 0.1) is 13.2 Å². The number of fused-ring (bicyclic) bond motifs is 4. The Morgan fingerprint density at radius 2 is 1.28 bits per heavy atom. The molecule has 0 N–H and O–H groups in total. The van der Waals surface area contributed by atoms with E-state index in [4.69, 9.17) is 52.1 Å². The highest BCUT2D eigenvalue weighted by Crippen LogP contribution is 2.41. The molecule has 0 spiro atoms. The van der Waals surface area contributed by atoms with E-state index in [0.29, 0.717) is 0 Å². The molecule has 2 unspecified atom stereocenters. The molecular formula is C26H36O17. The van der Waals surface area contributed by atoms with Crippen LogP contribution in [0.15, 0.2) is 0 Å². The van der Waals surface area contributed by atoms with Crippen LogP contribution < -0.4 is 0 Å². The maximum Gasteiger partial charge on any atom is 0.303 e. The minimum atomic E-state index is -2.04. The third-order valence-corrected chi connectivity index (χ3v) is 6.61. The highest BCUT2D eigenvalue weighted by atomic mass is 16.8. The molecule has 0 radical (unpaired) electrons. The second kappa shape index (κ2) is 14.4. The molecule has 4 saturated heterocycles. The molecule has 43 heavy (non-hydrogen) atoms. The average molecular weight is 621 g/mol. The van der Waals surface area contributed by atoms with Gasteiger partial charge in [0, 0.05) is 48.7 Å². The van der Waals surface area contributed by atoms with Crippen molar-refractivity contribution in [3.8, 4) is 0 Å². The van der Waals surface area contributed by atoms with E-state index in [9.17, 15) is 28.8 Å². The summed E-state index contributed by atoms with van der Waals surface area (Å²) in [6.07, 6.45) is -12.7. The van der Waals surface area contributed by atoms with Gasteiger partial charge in [-0.1, -0.05) is 0 Å². The highest BCUT2D eigenvalue weighted by molar-refractivity contribution is 5.69. The van der Waals surface area contributed by atoms with E-state index in [1.54, 1.807) is 0 Å². The van der Waals surface area contributed by atoms with Crippen LogP contribution >= 0.6 is 0 Å². The summed E-state index contributed by atoms with van der Waals surface area (Å²) in [5.41, 5.74) is -2.04. The van der Waals surface area contributed by atoms with Gasteiger partial charge in [-0.2, -0.15) is 0 Å². The van der Waals surface area contributed by atoms with Crippen molar-refractivity contribution < 1.29 is 80.9 Å². The first-order valence-electron chi connectivity index (χ1n) is 13.3. The second-order valence-corrected chi connectivity index (χ2v) is 9.98. The molecule has 0 aliphatic carbocycles. The first kappa shape index (κ1) is 34.1. The Bertz CT molecular complexity index is 1080. The zero-order valence-electron chi connectivity index (χ0n) is 24.8. The van der Waals surface area contributed by atoms with Gasteiger partial charge in [0.25, 0.3) is 0 Å². The predicted octanol–water partition coefficient (Wildman–Crippen LogP) is -0.910. The first-order chi connectivity index (χ1) is 20.2. The molecule has 4 aliphatic heterocycles. The molecule has 4 aliphatic rings. The van der Waals surface area contributed by atoms with Crippen LogP contribution in [0.5, 0.6) is 0 Å². The fourth-order valence-electron chi connectivity index (χ4n) is 5.18. The lowest BCUT2D eigenvalue weighted by Crippen LogP contribution is -2.73. The molecule has 0 aromatic rings. The molecular weight excluding hydrogens is 584 g/mol. The quantitative estimate of drug-likeness (QED) is 0.238. The minimum Gasteiger partial charge on any atom is -0.463 e. The van der Waals surface area contributed by atoms with Crippen molar-refractivity contribution in [1.29, 1.82) is 0 Å². The third-order valence-electron chi connectivity index (χ3n) is 6.61. The molecule has 4 rings (SSSR count). The van der Waals surface area contributed by atoms with Crippen LogP contribution in [-0.4, -0.2) is 124 Å². The van der Waals surface area contributed by atoms with E-state index < -0.39 is 117 Å². The number of methoxy groups -OCH3 is 1. The van der Waals surface area contributed by atoms with Gasteiger partial charge in [0.2, 0.25) is 5.60 Å². The summed E-state index contributed by atoms with van der Waals surface area (Å²) in [5.74, 6) is -4.84. The summed E-state index contributed by atoms with van der Waals surface area (Å²) in [6.45, 7) is 5.07. The topological polar surface area (TPSA) is 204 Å². The smallest absolute Gasteiger partial charge is 0.303 e. The zero-order chi connectivity index (χ0) is 32.1. The van der Waals surface area contributed by atoms with Gasteiger partial charge in [-0.3, -0.25) is 28.8 Å². The van der Waals surface area contributed by atoms with Crippen molar-refractivity contribution in [2.24, 2.45) is 0 Å². The molecule has 0 aromatic carbocycles. The number of esters is 6. The number of ether oxygens (including phenoxy) is 11. The lowest BCUT2D eigenvalue weighted by molar-refractivity contribution is -0.377. The predicted molar refractivity (Wildman–Crippen MR) is 133 cm³/mol. The van der Waals surface area contributed by atoms with Gasteiger partial charge in [-0.05, 0) is 0 Å². The van der Waals surface area contributed by atoms with E-state index in [0.717, 1.165) is 41.5 Å². The normalized spacial score (nSPS) is 35.4. The molecule has 0 amide bonds. The van der Waals surface area contributed by atoms with Gasteiger partial charge < -0.3 is 52.1 Å². The summed E-state index contributed by atoms with van der Waals surface area (Å²) in [6, 6.07) is 0. The van der Waals surface area contributed by atoms with E-state index in [-0.39, 0.29) is 0 Å². The highest BCUT2D eigenvalue weighted by Gasteiger charge is 2.64. The van der Waals surface area contributed by atoms with Crippen LogP contribution in [-0.2, 0) is 80.9 Å². The molecule has 17 heteroatoms. The Labute approximate surface area is 246 Å². The van der Waals surface area contributed by atoms with E-state index in [2.05, 4.69) is 0 Å². The fourth-order valence-corrected chi connectivity index (χ4v) is 5.18. The van der Waals surface area contributed by atoms with Crippen LogP contribution in [0.25, 0.3) is 0 Å². The van der Waals surface area contributed by atoms with Crippen LogP contribution in [0.1, 0.15) is 41.5 Å². The Hall–Kier alpha value is -3.38. The summed E-state index contributed by atoms with van der Waals surface area (Å²) in [5, 5.41) is 0. The number of rotatable bonds is 8. The number of carbonyl (C=O) groups excluding carboxylic acids is 6. The summed E-state index contributed by atoms with van der Waals surface area (Å²) in [4.78, 5) is 73.0. The standard InChI is InChI=1S/C26H36O17/c1-11(27)34-9-18-26(43-16(6)32)10-36-25(22(39-14(4)30)23(26)40-15(5)31)42-19-17(8-35-18)41-24(33-7)21(38-13(3)29)20(19)37-12(2)28/h17-25H,8-10H2,1-7H3/t17-,18-,19?,20+,21-,22-,23-,24-,25+,26?/m1/s1. The average Bonchev–Trinajstić information content (AvgIpc) is 2.88. The van der Waals surface area contributed by atoms with Crippen LogP contribution in [0, 0.1) is 0 Å². The third kappa shape index (κ3) is 8.17. The first-order valence-corrected chi connectivity index (χ1v) is 13.3. The Morgan fingerprint density at radius 3 is 1.81 bits per heavy atom. The molecule has 242 valence electrons. The summed E-state index contributed by atoms with van der Waals surface area (Å²) in [7, 11) is 1.26. The Kier molecular flexibility index (Phi) is 11.4. The molecule has 4 fully saturated rings. The zero-order valence-corrected chi connectivity index (χ0v) is 24.8. The van der Waals surface area contributed by atoms with Crippen molar-refractivity contribution in [3.05, 3.63) is 0 Å². The maximum absolute atomic E-state index is 12.4. The van der Waals surface area contributed by atoms with Crippen LogP contribution in [0.2, 0.25) is 0 Å². The molecule has 4 heterocycles. The largest absolute Gasteiger partial charge is 0.463 e. The van der Waals surface area contributed by atoms with Crippen molar-refractivity contribution >= 4 is 35.8 Å². The second-order valence-electron chi connectivity index (χ2n) is 9.98. The van der Waals surface area contributed by atoms with Gasteiger partial charge in [0.15, 0.2) is 37.0 Å². The lowest BCUT2D eigenvalue weighted by Gasteiger charge is -2.53. The minimum absolute atomic E-state index is 0.401. The Morgan fingerprint density at radius 1 is 0.698 bits per heavy atom. The van der Waals surface area contributed by atoms with Crippen LogP contribution in [0.4, 0.5) is 0 Å². The number of hydrogen-bond donors (Lipinski definition) is 0. The van der Waals surface area contributed by atoms with Gasteiger partial charge >= 0.3 is 35.8 Å². The SMILES string of the molecule is CO[C@@H]1O[C@@H]2CO[C@H](COC(C)=O)C3(OC(C)=O)CO[C@@H](OC2[C@H](OC(C)=O)[C@H]1OC(C)=O)[C@H](OC(C)=O)[C@H]3OC(C)=O. The summed E-state index contributed by atoms with van der Waals surface area (Å²) < 4.78 is 62.5. The molecule has 17 nitrogen and oxygen atoms in total. The lowest BCUT2D eigenvalue weighted by atomic mass is 9.83. The van der Waals surface area contributed by atoms with E-state index in [1.807, 2.05) is 0 Å². The van der Waals surface area contributed by atoms with Crippen molar-refractivity contribution in [2.75, 3.05) is 26.9 Å². The monoisotopic (exact) mass is 620 g/mol. The maximum atomic E-state index is 12.4. The number of hydrogen-bond acceptors (Lipinski definition) is 17. The molecule has 10 atom stereocenters. The molecule has 2 bridgehead atoms. The van der Waals surface area contributed by atoms with Crippen molar-refractivity contribution in [3.63, 3.8) is 0 Å². The van der Waals surface area contributed by atoms with E-state index >= 15 is 0 Å². The molecule has 0 aromatic heterocycles. The van der Waals surface area contributed by atoms with Crippen molar-refractivity contribution in [1.82, 2.24) is 0 Å². The van der Waals surface area contributed by atoms with Crippen molar-refractivity contribution in [2.45, 2.75) is 102 Å². The van der Waals surface area contributed by atoms with Gasteiger partial charge in [0.1, 0.15) is 24.9 Å². The van der Waals surface area contributed by atoms with Crippen LogP contribution in [0.3, 0.4) is 0 Å². The number of carbonyl (C=O) groups is 6. The van der Waals surface area contributed by atoms with Gasteiger partial charge in [-0.15, -0.1) is 0 Å². The van der Waals surface area contributed by atoms with E-state index in [1.165, 1.54) is 7.11 Å². The summed E-state index contributed by atoms with van der Waals surface area (Å²) >= 11 is 0.